The van der Waals surface area contributed by atoms with Crippen LogP contribution in [-0.4, -0.2) is 25.1 Å². The Bertz CT molecular complexity index is 584. The molecule has 2 rings (SSSR count). The molecule has 0 amide bonds. The molecule has 0 aliphatic heterocycles. The number of hydrogen-bond acceptors (Lipinski definition) is 5. The molecule has 1 aromatic carbocycles. The molecule has 0 saturated heterocycles. The van der Waals surface area contributed by atoms with Crippen molar-refractivity contribution >= 4 is 23.0 Å². The summed E-state index contributed by atoms with van der Waals surface area (Å²) < 4.78 is 4.71. The van der Waals surface area contributed by atoms with E-state index in [0.717, 1.165) is 11.4 Å². The molecule has 0 atom stereocenters. The Morgan fingerprint density at radius 2 is 2.16 bits per heavy atom. The Labute approximate surface area is 111 Å². The van der Waals surface area contributed by atoms with Gasteiger partial charge in [-0.3, -0.25) is 4.98 Å². The molecule has 2 aromatic rings. The smallest absolute Gasteiger partial charge is 0.337 e. The molecule has 1 aromatic heterocycles. The van der Waals surface area contributed by atoms with E-state index in [0.29, 0.717) is 11.3 Å². The van der Waals surface area contributed by atoms with Gasteiger partial charge in [0.2, 0.25) is 0 Å². The number of hydrogen-bond donors (Lipinski definition) is 1. The minimum absolute atomic E-state index is 0.388. The maximum absolute atomic E-state index is 11.5. The van der Waals surface area contributed by atoms with Gasteiger partial charge in [0.1, 0.15) is 0 Å². The summed E-state index contributed by atoms with van der Waals surface area (Å²) in [7, 11) is 3.22. The van der Waals surface area contributed by atoms with Crippen LogP contribution in [0.2, 0.25) is 0 Å². The van der Waals surface area contributed by atoms with Crippen LogP contribution in [0.3, 0.4) is 0 Å². The lowest BCUT2D eigenvalue weighted by Gasteiger charge is -2.21. The number of nitrogens with zero attached hydrogens (tertiary/aromatic N) is 2. The Kier molecular flexibility index (Phi) is 3.66. The van der Waals surface area contributed by atoms with E-state index >= 15 is 0 Å². The fraction of sp³-hybridized carbons (Fsp3) is 0.143. The number of rotatable bonds is 3. The fourth-order valence-corrected chi connectivity index (χ4v) is 1.77. The normalized spacial score (nSPS) is 10.0. The van der Waals surface area contributed by atoms with Gasteiger partial charge in [0.05, 0.1) is 35.9 Å². The van der Waals surface area contributed by atoms with E-state index in [2.05, 4.69) is 4.98 Å². The van der Waals surface area contributed by atoms with E-state index < -0.39 is 0 Å². The number of esters is 1. The molecule has 0 unspecified atom stereocenters. The van der Waals surface area contributed by atoms with Crippen molar-refractivity contribution in [1.29, 1.82) is 0 Å². The number of nitrogens with two attached hydrogens (primary N) is 1. The van der Waals surface area contributed by atoms with Gasteiger partial charge in [-0.05, 0) is 30.3 Å². The lowest BCUT2D eigenvalue weighted by atomic mass is 10.1. The third kappa shape index (κ3) is 2.65. The molecule has 0 aliphatic rings. The molecule has 0 spiro atoms. The van der Waals surface area contributed by atoms with E-state index in [9.17, 15) is 4.79 Å². The van der Waals surface area contributed by atoms with E-state index in [4.69, 9.17) is 10.5 Å². The van der Waals surface area contributed by atoms with Gasteiger partial charge in [0.25, 0.3) is 0 Å². The monoisotopic (exact) mass is 257 g/mol. The molecule has 2 N–H and O–H groups in total. The number of benzene rings is 1. The number of aromatic nitrogens is 1. The van der Waals surface area contributed by atoms with Crippen LogP contribution in [0.4, 0.5) is 17.1 Å². The molecular formula is C14H15N3O2. The first kappa shape index (κ1) is 12.9. The molecule has 0 fully saturated rings. The molecule has 19 heavy (non-hydrogen) atoms. The second-order valence-corrected chi connectivity index (χ2v) is 4.04. The zero-order chi connectivity index (χ0) is 13.8. The molecule has 98 valence electrons. The summed E-state index contributed by atoms with van der Waals surface area (Å²) in [4.78, 5) is 17.5. The van der Waals surface area contributed by atoms with Crippen LogP contribution >= 0.6 is 0 Å². The number of carbonyl (C=O) groups is 1. The molecule has 0 radical (unpaired) electrons. The zero-order valence-electron chi connectivity index (χ0n) is 10.8. The molecule has 1 heterocycles. The highest BCUT2D eigenvalue weighted by Gasteiger charge is 2.12. The van der Waals surface area contributed by atoms with E-state index in [1.807, 2.05) is 24.1 Å². The Hall–Kier alpha value is -2.56. The van der Waals surface area contributed by atoms with Crippen molar-refractivity contribution < 1.29 is 9.53 Å². The molecular weight excluding hydrogens is 242 g/mol. The highest BCUT2D eigenvalue weighted by atomic mass is 16.5. The van der Waals surface area contributed by atoms with E-state index in [1.54, 1.807) is 30.6 Å². The maximum atomic E-state index is 11.5. The second kappa shape index (κ2) is 5.39. The van der Waals surface area contributed by atoms with Gasteiger partial charge < -0.3 is 15.4 Å². The SMILES string of the molecule is COC(=O)c1ccc(N)c(N(C)c2cccnc2)c1. The van der Waals surface area contributed by atoms with Crippen molar-refractivity contribution in [1.82, 2.24) is 4.98 Å². The van der Waals surface area contributed by atoms with Crippen molar-refractivity contribution in [3.8, 4) is 0 Å². The average Bonchev–Trinajstić information content (AvgIpc) is 2.47. The van der Waals surface area contributed by atoms with Gasteiger partial charge >= 0.3 is 5.97 Å². The predicted molar refractivity (Wildman–Crippen MR) is 74.5 cm³/mol. The number of methoxy groups -OCH3 is 1. The minimum Gasteiger partial charge on any atom is -0.465 e. The third-order valence-corrected chi connectivity index (χ3v) is 2.85. The summed E-state index contributed by atoms with van der Waals surface area (Å²) in [6, 6.07) is 8.79. The van der Waals surface area contributed by atoms with Crippen molar-refractivity contribution in [2.24, 2.45) is 0 Å². The van der Waals surface area contributed by atoms with Crippen molar-refractivity contribution in [2.75, 3.05) is 24.8 Å². The quantitative estimate of drug-likeness (QED) is 0.674. The van der Waals surface area contributed by atoms with Crippen LogP contribution in [0.25, 0.3) is 0 Å². The Balaban J connectivity index is 2.41. The van der Waals surface area contributed by atoms with Crippen LogP contribution < -0.4 is 10.6 Å². The number of anilines is 3. The summed E-state index contributed by atoms with van der Waals surface area (Å²) in [5.74, 6) is -0.388. The summed E-state index contributed by atoms with van der Waals surface area (Å²) in [6.45, 7) is 0. The molecule has 0 bridgehead atoms. The number of ether oxygens (including phenoxy) is 1. The first-order chi connectivity index (χ1) is 9.13. The maximum Gasteiger partial charge on any atom is 0.337 e. The van der Waals surface area contributed by atoms with Gasteiger partial charge in [0, 0.05) is 13.2 Å². The highest BCUT2D eigenvalue weighted by Crippen LogP contribution is 2.29. The summed E-state index contributed by atoms with van der Waals surface area (Å²) in [5.41, 5.74) is 8.62. The summed E-state index contributed by atoms with van der Waals surface area (Å²) in [6.07, 6.45) is 3.43. The Morgan fingerprint density at radius 3 is 2.79 bits per heavy atom. The fourth-order valence-electron chi connectivity index (χ4n) is 1.77. The van der Waals surface area contributed by atoms with Crippen molar-refractivity contribution in [3.05, 3.63) is 48.3 Å². The van der Waals surface area contributed by atoms with Crippen LogP contribution in [-0.2, 0) is 4.74 Å². The van der Waals surface area contributed by atoms with E-state index in [-0.39, 0.29) is 5.97 Å². The van der Waals surface area contributed by atoms with Crippen LogP contribution in [0, 0.1) is 0 Å². The van der Waals surface area contributed by atoms with Crippen molar-refractivity contribution in [2.45, 2.75) is 0 Å². The van der Waals surface area contributed by atoms with Crippen molar-refractivity contribution in [3.63, 3.8) is 0 Å². The summed E-state index contributed by atoms with van der Waals surface area (Å²) >= 11 is 0. The van der Waals surface area contributed by atoms with Gasteiger partial charge in [-0.2, -0.15) is 0 Å². The third-order valence-electron chi connectivity index (χ3n) is 2.85. The average molecular weight is 257 g/mol. The lowest BCUT2D eigenvalue weighted by Crippen LogP contribution is -2.13. The molecule has 0 aliphatic carbocycles. The van der Waals surface area contributed by atoms with Crippen LogP contribution in [0.5, 0.6) is 0 Å². The van der Waals surface area contributed by atoms with Gasteiger partial charge in [-0.15, -0.1) is 0 Å². The van der Waals surface area contributed by atoms with Crippen LogP contribution in [0.1, 0.15) is 10.4 Å². The van der Waals surface area contributed by atoms with Gasteiger partial charge in [0.15, 0.2) is 0 Å². The lowest BCUT2D eigenvalue weighted by molar-refractivity contribution is 0.0601. The second-order valence-electron chi connectivity index (χ2n) is 4.04. The Morgan fingerprint density at radius 1 is 1.37 bits per heavy atom. The van der Waals surface area contributed by atoms with Gasteiger partial charge in [-0.1, -0.05) is 0 Å². The molecule has 5 nitrogen and oxygen atoms in total. The minimum atomic E-state index is -0.388. The molecule has 5 heteroatoms. The van der Waals surface area contributed by atoms with Gasteiger partial charge in [-0.25, -0.2) is 4.79 Å². The molecule has 0 saturated carbocycles. The number of pyridine rings is 1. The topological polar surface area (TPSA) is 68.5 Å². The first-order valence-electron chi connectivity index (χ1n) is 5.75. The number of nitrogen functional groups attached to an aromatic ring is 1. The highest BCUT2D eigenvalue weighted by molar-refractivity contribution is 5.92. The largest absolute Gasteiger partial charge is 0.465 e. The standard InChI is InChI=1S/C14H15N3O2/c1-17(11-4-3-7-16-9-11)13-8-10(14(18)19-2)5-6-12(13)15/h3-9H,15H2,1-2H3. The van der Waals surface area contributed by atoms with E-state index in [1.165, 1.54) is 7.11 Å². The van der Waals surface area contributed by atoms with Crippen LogP contribution in [0.15, 0.2) is 42.7 Å². The first-order valence-corrected chi connectivity index (χ1v) is 5.75. The summed E-state index contributed by atoms with van der Waals surface area (Å²) in [5, 5.41) is 0. The predicted octanol–water partition coefficient (Wildman–Crippen LogP) is 2.22. The zero-order valence-corrected chi connectivity index (χ0v) is 10.8. The number of carbonyl (C=O) groups excluding carboxylic acids is 1.